The molecule has 8 heteroatoms. The van der Waals surface area contributed by atoms with Crippen LogP contribution in [0.1, 0.15) is 11.1 Å². The molecule has 0 fully saturated rings. The van der Waals surface area contributed by atoms with Crippen molar-refractivity contribution in [3.63, 3.8) is 0 Å². The molecule has 0 aliphatic carbocycles. The van der Waals surface area contributed by atoms with Crippen molar-refractivity contribution in [1.29, 1.82) is 0 Å². The molecule has 1 aliphatic rings. The Morgan fingerprint density at radius 3 is 2.67 bits per heavy atom. The monoisotopic (exact) mass is 326 g/mol. The Hall–Kier alpha value is -1.64. The number of hydroxylamine groups is 1. The smallest absolute Gasteiger partial charge is 0.239 e. The molecule has 4 N–H and O–H groups in total. The van der Waals surface area contributed by atoms with Gasteiger partial charge in [-0.3, -0.25) is 0 Å². The third kappa shape index (κ3) is 2.29. The number of nitrogens with one attached hydrogen (secondary N) is 1. The van der Waals surface area contributed by atoms with Gasteiger partial charge in [0.2, 0.25) is 15.7 Å². The minimum Gasteiger partial charge on any atom is -0.405 e. The van der Waals surface area contributed by atoms with E-state index >= 15 is 0 Å². The molecule has 1 aliphatic heterocycles. The summed E-state index contributed by atoms with van der Waals surface area (Å²) in [6, 6.07) is 10.9. The normalized spacial score (nSPS) is 20.9. The van der Waals surface area contributed by atoms with E-state index in [1.54, 1.807) is 24.3 Å². The van der Waals surface area contributed by atoms with E-state index in [1.165, 1.54) is 18.2 Å². The number of rotatable bonds is 2. The van der Waals surface area contributed by atoms with E-state index < -0.39 is 15.7 Å². The average molecular weight is 327 g/mol. The number of fused-ring (bicyclic) bond motifs is 1. The summed E-state index contributed by atoms with van der Waals surface area (Å²) in [5.41, 5.74) is 1.53. The number of nitrogens with two attached hydrogens (primary N) is 1. The fraction of sp³-hybridized carbons (Fsp3) is 0.0769. The lowest BCUT2D eigenvalue weighted by molar-refractivity contribution is -0.0217. The first-order valence-electron chi connectivity index (χ1n) is 5.91. The topological polar surface area (TPSA) is 102 Å². The lowest BCUT2D eigenvalue weighted by Gasteiger charge is -2.22. The van der Waals surface area contributed by atoms with Gasteiger partial charge in [-0.2, -0.15) is 0 Å². The number of hydrogen-bond donors (Lipinski definition) is 3. The van der Waals surface area contributed by atoms with Gasteiger partial charge in [-0.05, 0) is 18.2 Å². The Bertz CT molecular complexity index is 825. The average Bonchev–Trinajstić information content (AvgIpc) is 2.77. The summed E-state index contributed by atoms with van der Waals surface area (Å²) in [6.07, 6.45) is 0. The van der Waals surface area contributed by atoms with Crippen LogP contribution in [0.25, 0.3) is 0 Å². The van der Waals surface area contributed by atoms with Crippen molar-refractivity contribution in [3.8, 4) is 5.75 Å². The van der Waals surface area contributed by atoms with Crippen LogP contribution in [-0.4, -0.2) is 13.5 Å². The first kappa shape index (κ1) is 14.3. The van der Waals surface area contributed by atoms with Gasteiger partial charge in [0.05, 0.1) is 10.6 Å². The van der Waals surface area contributed by atoms with Gasteiger partial charge in [-0.15, -0.1) is 5.48 Å². The molecule has 0 aromatic heterocycles. The van der Waals surface area contributed by atoms with E-state index in [0.29, 0.717) is 11.3 Å². The van der Waals surface area contributed by atoms with Crippen molar-refractivity contribution in [2.24, 2.45) is 5.14 Å². The molecule has 1 atom stereocenters. The van der Waals surface area contributed by atoms with Gasteiger partial charge in [-0.25, -0.2) is 13.6 Å². The maximum Gasteiger partial charge on any atom is 0.239 e. The molecule has 0 radical (unpaired) electrons. The summed E-state index contributed by atoms with van der Waals surface area (Å²) in [6.45, 7) is 0. The zero-order valence-corrected chi connectivity index (χ0v) is 12.1. The van der Waals surface area contributed by atoms with Crippen molar-refractivity contribution < 1.29 is 18.4 Å². The summed E-state index contributed by atoms with van der Waals surface area (Å²) in [7, 11) is -4.00. The van der Waals surface area contributed by atoms with Gasteiger partial charge < -0.3 is 9.94 Å². The second-order valence-corrected chi connectivity index (χ2v) is 6.54. The van der Waals surface area contributed by atoms with Crippen molar-refractivity contribution in [1.82, 2.24) is 5.48 Å². The number of para-hydroxylation sites is 1. The van der Waals surface area contributed by atoms with Gasteiger partial charge >= 0.3 is 0 Å². The minimum absolute atomic E-state index is 0.0166. The lowest BCUT2D eigenvalue weighted by atomic mass is 9.95. The lowest BCUT2D eigenvalue weighted by Crippen LogP contribution is -2.39. The van der Waals surface area contributed by atoms with E-state index in [9.17, 15) is 13.5 Å². The van der Waals surface area contributed by atoms with Crippen molar-refractivity contribution in [2.45, 2.75) is 10.6 Å². The van der Waals surface area contributed by atoms with Gasteiger partial charge in [-0.1, -0.05) is 35.9 Å². The summed E-state index contributed by atoms with van der Waals surface area (Å²) >= 11 is 5.84. The molecule has 1 unspecified atom stereocenters. The zero-order chi connectivity index (χ0) is 15.3. The van der Waals surface area contributed by atoms with Crippen LogP contribution in [0.2, 0.25) is 5.02 Å². The maximum atomic E-state index is 11.5. The first-order valence-corrected chi connectivity index (χ1v) is 7.83. The highest BCUT2D eigenvalue weighted by Gasteiger charge is 2.41. The van der Waals surface area contributed by atoms with Crippen molar-refractivity contribution in [2.75, 3.05) is 0 Å². The van der Waals surface area contributed by atoms with Gasteiger partial charge in [0, 0.05) is 5.56 Å². The molecule has 21 heavy (non-hydrogen) atoms. The first-order chi connectivity index (χ1) is 9.82. The van der Waals surface area contributed by atoms with Crippen LogP contribution >= 0.6 is 11.6 Å². The Morgan fingerprint density at radius 1 is 1.24 bits per heavy atom. The van der Waals surface area contributed by atoms with E-state index in [-0.39, 0.29) is 15.5 Å². The van der Waals surface area contributed by atoms with Gasteiger partial charge in [0.15, 0.2) is 5.75 Å². The molecule has 1 heterocycles. The Kier molecular flexibility index (Phi) is 3.19. The molecule has 0 bridgehead atoms. The second kappa shape index (κ2) is 4.69. The molecule has 0 amide bonds. The number of primary sulfonamides is 1. The fourth-order valence-corrected chi connectivity index (χ4v) is 3.27. The number of benzene rings is 2. The number of sulfonamides is 1. The quantitative estimate of drug-likeness (QED) is 0.766. The Balaban J connectivity index is 2.19. The summed E-state index contributed by atoms with van der Waals surface area (Å²) < 4.78 is 23.1. The summed E-state index contributed by atoms with van der Waals surface area (Å²) in [5.74, 6) is 0.451. The summed E-state index contributed by atoms with van der Waals surface area (Å²) in [4.78, 5) is 4.95. The van der Waals surface area contributed by atoms with E-state index in [0.717, 1.165) is 0 Å². The fourth-order valence-electron chi connectivity index (χ4n) is 2.20. The Labute approximate surface area is 126 Å². The van der Waals surface area contributed by atoms with E-state index in [2.05, 4.69) is 5.48 Å². The van der Waals surface area contributed by atoms with E-state index in [1.807, 2.05) is 0 Å². The van der Waals surface area contributed by atoms with Crippen molar-refractivity contribution >= 4 is 21.6 Å². The zero-order valence-electron chi connectivity index (χ0n) is 10.6. The second-order valence-electron chi connectivity index (χ2n) is 4.60. The molecule has 0 saturated heterocycles. The van der Waals surface area contributed by atoms with Gasteiger partial charge in [0.1, 0.15) is 4.90 Å². The molecule has 3 rings (SSSR count). The third-order valence-electron chi connectivity index (χ3n) is 3.24. The predicted octanol–water partition coefficient (Wildman–Crippen LogP) is 1.08. The summed E-state index contributed by atoms with van der Waals surface area (Å²) in [5, 5.41) is 15.9. The maximum absolute atomic E-state index is 11.5. The third-order valence-corrected chi connectivity index (χ3v) is 4.63. The largest absolute Gasteiger partial charge is 0.405 e. The molecule has 110 valence electrons. The van der Waals surface area contributed by atoms with Crippen LogP contribution in [-0.2, 0) is 15.7 Å². The molecular weight excluding hydrogens is 316 g/mol. The van der Waals surface area contributed by atoms with Crippen LogP contribution in [0.15, 0.2) is 47.4 Å². The number of halogens is 1. The van der Waals surface area contributed by atoms with E-state index in [4.69, 9.17) is 21.6 Å². The standard InChI is InChI=1S/C13H11ClN2O4S/c14-10-6-5-8(7-12(10)21(15,18)19)13(17)9-3-1-2-4-11(9)20-16-13/h1-7,16-17H,(H2,15,18,19). The van der Waals surface area contributed by atoms with Crippen LogP contribution in [0.5, 0.6) is 5.75 Å². The minimum atomic E-state index is -4.00. The predicted molar refractivity (Wildman–Crippen MR) is 76.0 cm³/mol. The number of aliphatic hydroxyl groups is 1. The molecule has 6 nitrogen and oxygen atoms in total. The molecule has 2 aromatic carbocycles. The highest BCUT2D eigenvalue weighted by molar-refractivity contribution is 7.89. The molecule has 0 saturated carbocycles. The Morgan fingerprint density at radius 2 is 1.95 bits per heavy atom. The molecular formula is C13H11ClN2O4S. The van der Waals surface area contributed by atoms with Crippen molar-refractivity contribution in [3.05, 3.63) is 58.6 Å². The highest BCUT2D eigenvalue weighted by atomic mass is 35.5. The van der Waals surface area contributed by atoms with Crippen LogP contribution in [0.4, 0.5) is 0 Å². The molecule has 0 spiro atoms. The SMILES string of the molecule is NS(=O)(=O)c1cc(C2(O)NOc3ccccc32)ccc1Cl. The molecule has 2 aromatic rings. The van der Waals surface area contributed by atoms with Crippen LogP contribution in [0, 0.1) is 0 Å². The van der Waals surface area contributed by atoms with Crippen LogP contribution in [0.3, 0.4) is 0 Å². The highest BCUT2D eigenvalue weighted by Crippen LogP contribution is 2.39. The number of hydrogen-bond acceptors (Lipinski definition) is 5. The van der Waals surface area contributed by atoms with Gasteiger partial charge in [0.25, 0.3) is 0 Å². The van der Waals surface area contributed by atoms with Crippen LogP contribution < -0.4 is 15.5 Å².